The fourth-order valence-corrected chi connectivity index (χ4v) is 1.90. The molecule has 1 aliphatic heterocycles. The van der Waals surface area contributed by atoms with Gasteiger partial charge in [0, 0.05) is 11.1 Å². The summed E-state index contributed by atoms with van der Waals surface area (Å²) in [5.41, 5.74) is 0.229. The fraction of sp³-hybridized carbons (Fsp3) is 0.889. The summed E-state index contributed by atoms with van der Waals surface area (Å²) < 4.78 is 1.96. The van der Waals surface area contributed by atoms with Crippen LogP contribution in [-0.4, -0.2) is 15.5 Å². The minimum Gasteiger partial charge on any atom is -0.209 e. The van der Waals surface area contributed by atoms with E-state index in [4.69, 9.17) is 11.8 Å². The molecule has 0 aromatic rings. The van der Waals surface area contributed by atoms with Crippen molar-refractivity contribution in [1.29, 1.82) is 0 Å². The first kappa shape index (κ1) is 9.34. The average Bonchev–Trinajstić information content (AvgIpc) is 1.82. The molecule has 0 aliphatic carbocycles. The van der Waals surface area contributed by atoms with Gasteiger partial charge in [-0.05, 0) is 58.7 Å². The summed E-state index contributed by atoms with van der Waals surface area (Å²) >= 11 is 6.21. The number of piperidine rings is 1. The van der Waals surface area contributed by atoms with Crippen molar-refractivity contribution in [3.05, 3.63) is 6.42 Å². The molecule has 0 amide bonds. The summed E-state index contributed by atoms with van der Waals surface area (Å²) in [6.07, 6.45) is 4.50. The Morgan fingerprint density at radius 1 is 1.09 bits per heavy atom. The highest BCUT2D eigenvalue weighted by atomic mass is 35.5. The maximum absolute atomic E-state index is 6.21. The van der Waals surface area contributed by atoms with Gasteiger partial charge in [-0.25, -0.2) is 4.42 Å². The molecule has 0 saturated carbocycles. The molecule has 11 heavy (non-hydrogen) atoms. The Hall–Kier alpha value is 0.250. The van der Waals surface area contributed by atoms with Crippen molar-refractivity contribution in [2.75, 3.05) is 0 Å². The van der Waals surface area contributed by atoms with E-state index in [1.165, 1.54) is 0 Å². The number of rotatable bonds is 0. The van der Waals surface area contributed by atoms with Crippen molar-refractivity contribution < 1.29 is 0 Å². The van der Waals surface area contributed by atoms with Crippen molar-refractivity contribution >= 4 is 11.8 Å². The SMILES string of the molecule is CC1(C)C[CH]CC(C)(C)N1Cl. The smallest absolute Gasteiger partial charge is 0.0314 e. The first-order valence-electron chi connectivity index (χ1n) is 4.14. The first-order valence-corrected chi connectivity index (χ1v) is 4.48. The maximum Gasteiger partial charge on any atom is 0.0314 e. The van der Waals surface area contributed by atoms with E-state index in [9.17, 15) is 0 Å². The van der Waals surface area contributed by atoms with E-state index in [0.717, 1.165) is 12.8 Å². The van der Waals surface area contributed by atoms with Gasteiger partial charge in [-0.15, -0.1) is 0 Å². The zero-order chi connectivity index (χ0) is 8.70. The molecular weight excluding hydrogens is 158 g/mol. The van der Waals surface area contributed by atoms with Gasteiger partial charge in [0.05, 0.1) is 0 Å². The Morgan fingerprint density at radius 2 is 1.45 bits per heavy atom. The van der Waals surface area contributed by atoms with Gasteiger partial charge >= 0.3 is 0 Å². The molecule has 0 N–H and O–H groups in total. The molecule has 1 fully saturated rings. The van der Waals surface area contributed by atoms with Crippen LogP contribution in [0.4, 0.5) is 0 Å². The summed E-state index contributed by atoms with van der Waals surface area (Å²) in [6, 6.07) is 0. The third-order valence-electron chi connectivity index (χ3n) is 2.35. The molecule has 1 rings (SSSR count). The molecular formula is C9H17ClN. The van der Waals surface area contributed by atoms with E-state index in [1.807, 2.05) is 4.42 Å². The molecule has 0 unspecified atom stereocenters. The molecule has 0 bridgehead atoms. The van der Waals surface area contributed by atoms with Crippen LogP contribution in [0.2, 0.25) is 0 Å². The third-order valence-corrected chi connectivity index (χ3v) is 3.27. The molecule has 65 valence electrons. The van der Waals surface area contributed by atoms with Crippen LogP contribution >= 0.6 is 11.8 Å². The Labute approximate surface area is 74.8 Å². The monoisotopic (exact) mass is 174 g/mol. The minimum absolute atomic E-state index is 0.114. The summed E-state index contributed by atoms with van der Waals surface area (Å²) in [5.74, 6) is 0. The normalized spacial score (nSPS) is 30.3. The van der Waals surface area contributed by atoms with E-state index in [2.05, 4.69) is 34.1 Å². The topological polar surface area (TPSA) is 3.24 Å². The fourth-order valence-electron chi connectivity index (χ4n) is 1.76. The second kappa shape index (κ2) is 2.63. The number of hydrogen-bond acceptors (Lipinski definition) is 1. The van der Waals surface area contributed by atoms with Crippen LogP contribution in [0, 0.1) is 6.42 Å². The van der Waals surface area contributed by atoms with Crippen LogP contribution in [0.15, 0.2) is 0 Å². The first-order chi connectivity index (χ1) is 4.86. The Bertz CT molecular complexity index is 136. The predicted octanol–water partition coefficient (Wildman–Crippen LogP) is 3.00. The highest BCUT2D eigenvalue weighted by Crippen LogP contribution is 2.38. The summed E-state index contributed by atoms with van der Waals surface area (Å²) in [7, 11) is 0. The van der Waals surface area contributed by atoms with E-state index in [0.29, 0.717) is 0 Å². The zero-order valence-corrected chi connectivity index (χ0v) is 8.57. The Balaban J connectivity index is 2.76. The molecule has 1 heterocycles. The van der Waals surface area contributed by atoms with Crippen molar-refractivity contribution in [3.8, 4) is 0 Å². The van der Waals surface area contributed by atoms with E-state index >= 15 is 0 Å². The third kappa shape index (κ3) is 1.70. The van der Waals surface area contributed by atoms with Crippen molar-refractivity contribution in [3.63, 3.8) is 0 Å². The molecule has 1 radical (unpaired) electrons. The molecule has 0 aromatic heterocycles. The van der Waals surface area contributed by atoms with Gasteiger partial charge in [-0.1, -0.05) is 0 Å². The lowest BCUT2D eigenvalue weighted by Crippen LogP contribution is -2.53. The Kier molecular flexibility index (Phi) is 2.24. The van der Waals surface area contributed by atoms with Crippen LogP contribution < -0.4 is 0 Å². The summed E-state index contributed by atoms with van der Waals surface area (Å²) in [4.78, 5) is 0. The summed E-state index contributed by atoms with van der Waals surface area (Å²) in [6.45, 7) is 8.71. The molecule has 1 aliphatic rings. The number of halogens is 1. The molecule has 0 aromatic carbocycles. The summed E-state index contributed by atoms with van der Waals surface area (Å²) in [5, 5.41) is 0. The lowest BCUT2D eigenvalue weighted by molar-refractivity contribution is 0.0841. The van der Waals surface area contributed by atoms with Gasteiger partial charge in [-0.3, -0.25) is 0 Å². The van der Waals surface area contributed by atoms with E-state index < -0.39 is 0 Å². The van der Waals surface area contributed by atoms with Crippen molar-refractivity contribution in [1.82, 2.24) is 4.42 Å². The van der Waals surface area contributed by atoms with Gasteiger partial charge in [0.25, 0.3) is 0 Å². The van der Waals surface area contributed by atoms with Gasteiger partial charge in [-0.2, -0.15) is 0 Å². The van der Waals surface area contributed by atoms with Crippen LogP contribution in [0.1, 0.15) is 40.5 Å². The van der Waals surface area contributed by atoms with Crippen LogP contribution in [0.5, 0.6) is 0 Å². The van der Waals surface area contributed by atoms with Crippen molar-refractivity contribution in [2.45, 2.75) is 51.6 Å². The highest BCUT2D eigenvalue weighted by Gasteiger charge is 2.40. The standard InChI is InChI=1S/C9H17ClN/c1-8(2)6-5-7-9(3,4)11(8)10/h5H,6-7H2,1-4H3. The molecule has 1 nitrogen and oxygen atoms in total. The largest absolute Gasteiger partial charge is 0.209 e. The lowest BCUT2D eigenvalue weighted by atomic mass is 9.83. The minimum atomic E-state index is 0.114. The van der Waals surface area contributed by atoms with Crippen LogP contribution in [-0.2, 0) is 0 Å². The second-order valence-electron chi connectivity index (χ2n) is 4.60. The molecule has 0 spiro atoms. The zero-order valence-electron chi connectivity index (χ0n) is 7.82. The number of nitrogens with zero attached hydrogens (tertiary/aromatic N) is 1. The predicted molar refractivity (Wildman–Crippen MR) is 49.4 cm³/mol. The average molecular weight is 175 g/mol. The van der Waals surface area contributed by atoms with Crippen LogP contribution in [0.25, 0.3) is 0 Å². The van der Waals surface area contributed by atoms with E-state index in [-0.39, 0.29) is 11.1 Å². The van der Waals surface area contributed by atoms with E-state index in [1.54, 1.807) is 0 Å². The van der Waals surface area contributed by atoms with Gasteiger partial charge in [0.2, 0.25) is 0 Å². The van der Waals surface area contributed by atoms with Gasteiger partial charge < -0.3 is 0 Å². The van der Waals surface area contributed by atoms with Crippen molar-refractivity contribution in [2.24, 2.45) is 0 Å². The highest BCUT2D eigenvalue weighted by molar-refractivity contribution is 6.14. The Morgan fingerprint density at radius 3 is 1.73 bits per heavy atom. The maximum atomic E-state index is 6.21. The molecule has 1 saturated heterocycles. The molecule has 0 atom stereocenters. The second-order valence-corrected chi connectivity index (χ2v) is 4.94. The lowest BCUT2D eigenvalue weighted by Gasteiger charge is -2.48. The quantitative estimate of drug-likeness (QED) is 0.511. The van der Waals surface area contributed by atoms with Gasteiger partial charge in [0.1, 0.15) is 0 Å². The van der Waals surface area contributed by atoms with Crippen LogP contribution in [0.3, 0.4) is 0 Å². The number of hydrogen-bond donors (Lipinski definition) is 0. The van der Waals surface area contributed by atoms with Gasteiger partial charge in [0.15, 0.2) is 0 Å². The molecule has 2 heteroatoms.